The van der Waals surface area contributed by atoms with E-state index >= 15 is 0 Å². The highest BCUT2D eigenvalue weighted by Gasteiger charge is 2.17. The molecule has 2 unspecified atom stereocenters. The number of hydrogen-bond acceptors (Lipinski definition) is 2. The van der Waals surface area contributed by atoms with E-state index in [4.69, 9.17) is 5.73 Å². The van der Waals surface area contributed by atoms with Gasteiger partial charge in [0.2, 0.25) is 0 Å². The Bertz CT molecular complexity index is 258. The summed E-state index contributed by atoms with van der Waals surface area (Å²) in [6.45, 7) is 5.34. The lowest BCUT2D eigenvalue weighted by Gasteiger charge is -2.28. The Labute approximate surface area is 86.7 Å². The SMILES string of the molecule is CCN(C)C(C)C(N)c1ccccc1. The lowest BCUT2D eigenvalue weighted by molar-refractivity contribution is 0.238. The first-order valence-corrected chi connectivity index (χ1v) is 5.17. The highest BCUT2D eigenvalue weighted by molar-refractivity contribution is 5.19. The van der Waals surface area contributed by atoms with E-state index in [1.54, 1.807) is 0 Å². The molecule has 0 spiro atoms. The molecular formula is C12H20N2. The molecule has 78 valence electrons. The molecular weight excluding hydrogens is 172 g/mol. The second-order valence-corrected chi connectivity index (χ2v) is 3.75. The van der Waals surface area contributed by atoms with Gasteiger partial charge < -0.3 is 10.6 Å². The normalized spacial score (nSPS) is 15.5. The van der Waals surface area contributed by atoms with Crippen molar-refractivity contribution in [3.63, 3.8) is 0 Å². The molecule has 0 bridgehead atoms. The minimum atomic E-state index is 0.0983. The molecule has 0 saturated carbocycles. The molecule has 0 aromatic heterocycles. The minimum absolute atomic E-state index is 0.0983. The molecule has 0 aliphatic heterocycles. The molecule has 2 heteroatoms. The summed E-state index contributed by atoms with van der Waals surface area (Å²) in [5, 5.41) is 0. The van der Waals surface area contributed by atoms with E-state index in [-0.39, 0.29) is 6.04 Å². The first-order valence-electron chi connectivity index (χ1n) is 5.17. The third-order valence-corrected chi connectivity index (χ3v) is 2.90. The van der Waals surface area contributed by atoms with Crippen molar-refractivity contribution < 1.29 is 0 Å². The number of nitrogens with zero attached hydrogens (tertiary/aromatic N) is 1. The Morgan fingerprint density at radius 3 is 2.36 bits per heavy atom. The van der Waals surface area contributed by atoms with E-state index in [0.29, 0.717) is 6.04 Å². The summed E-state index contributed by atoms with van der Waals surface area (Å²) in [7, 11) is 2.10. The molecule has 0 heterocycles. The molecule has 1 aromatic rings. The predicted molar refractivity (Wildman–Crippen MR) is 61.1 cm³/mol. The lowest BCUT2D eigenvalue weighted by atomic mass is 10.0. The van der Waals surface area contributed by atoms with Gasteiger partial charge in [0.05, 0.1) is 0 Å². The molecule has 0 amide bonds. The number of benzene rings is 1. The molecule has 0 radical (unpaired) electrons. The average Bonchev–Trinajstić information content (AvgIpc) is 2.27. The van der Waals surface area contributed by atoms with Crippen molar-refractivity contribution in [2.75, 3.05) is 13.6 Å². The lowest BCUT2D eigenvalue weighted by Crippen LogP contribution is -2.38. The van der Waals surface area contributed by atoms with Crippen molar-refractivity contribution in [2.45, 2.75) is 25.9 Å². The van der Waals surface area contributed by atoms with Crippen molar-refractivity contribution in [1.82, 2.24) is 4.90 Å². The molecule has 0 fully saturated rings. The third-order valence-electron chi connectivity index (χ3n) is 2.90. The van der Waals surface area contributed by atoms with Gasteiger partial charge in [-0.05, 0) is 26.1 Å². The van der Waals surface area contributed by atoms with E-state index in [2.05, 4.69) is 37.9 Å². The van der Waals surface area contributed by atoms with Gasteiger partial charge in [-0.25, -0.2) is 0 Å². The number of nitrogens with two attached hydrogens (primary N) is 1. The monoisotopic (exact) mass is 192 g/mol. The van der Waals surface area contributed by atoms with Crippen LogP contribution in [0.15, 0.2) is 30.3 Å². The van der Waals surface area contributed by atoms with Crippen molar-refractivity contribution in [2.24, 2.45) is 5.73 Å². The van der Waals surface area contributed by atoms with Gasteiger partial charge >= 0.3 is 0 Å². The van der Waals surface area contributed by atoms with Crippen molar-refractivity contribution in [3.8, 4) is 0 Å². The summed E-state index contributed by atoms with van der Waals surface area (Å²) >= 11 is 0. The van der Waals surface area contributed by atoms with Gasteiger partial charge in [-0.1, -0.05) is 37.3 Å². The number of rotatable bonds is 4. The van der Waals surface area contributed by atoms with Crippen molar-refractivity contribution >= 4 is 0 Å². The fourth-order valence-corrected chi connectivity index (χ4v) is 1.52. The smallest absolute Gasteiger partial charge is 0.0450 e. The molecule has 0 aliphatic rings. The van der Waals surface area contributed by atoms with Gasteiger partial charge in [0, 0.05) is 12.1 Å². The van der Waals surface area contributed by atoms with Crippen LogP contribution in [0.4, 0.5) is 0 Å². The number of hydrogen-bond donors (Lipinski definition) is 1. The van der Waals surface area contributed by atoms with Gasteiger partial charge in [-0.2, -0.15) is 0 Å². The van der Waals surface area contributed by atoms with Crippen molar-refractivity contribution in [1.29, 1.82) is 0 Å². The Kier molecular flexibility index (Phi) is 4.11. The molecule has 1 aromatic carbocycles. The Hall–Kier alpha value is -0.860. The maximum Gasteiger partial charge on any atom is 0.0450 e. The summed E-state index contributed by atoms with van der Waals surface area (Å²) in [5.41, 5.74) is 7.38. The average molecular weight is 192 g/mol. The predicted octanol–water partition coefficient (Wildman–Crippen LogP) is 2.03. The molecule has 14 heavy (non-hydrogen) atoms. The van der Waals surface area contributed by atoms with Crippen LogP contribution in [0.25, 0.3) is 0 Å². The molecule has 0 aliphatic carbocycles. The van der Waals surface area contributed by atoms with Gasteiger partial charge in [0.15, 0.2) is 0 Å². The van der Waals surface area contributed by atoms with Gasteiger partial charge in [-0.3, -0.25) is 0 Å². The molecule has 2 atom stereocenters. The number of likely N-dealkylation sites (N-methyl/N-ethyl adjacent to an activating group) is 1. The summed E-state index contributed by atoms with van der Waals surface area (Å²) in [5.74, 6) is 0. The fraction of sp³-hybridized carbons (Fsp3) is 0.500. The Morgan fingerprint density at radius 2 is 1.86 bits per heavy atom. The maximum atomic E-state index is 6.17. The summed E-state index contributed by atoms with van der Waals surface area (Å²) in [6.07, 6.45) is 0. The van der Waals surface area contributed by atoms with Crippen LogP contribution in [0, 0.1) is 0 Å². The van der Waals surface area contributed by atoms with Crippen LogP contribution in [0.1, 0.15) is 25.5 Å². The Balaban J connectivity index is 2.70. The standard InChI is InChI=1S/C12H20N2/c1-4-14(3)10(2)12(13)11-8-6-5-7-9-11/h5-10,12H,4,13H2,1-3H3. The quantitative estimate of drug-likeness (QED) is 0.791. The largest absolute Gasteiger partial charge is 0.323 e. The summed E-state index contributed by atoms with van der Waals surface area (Å²) in [6, 6.07) is 10.7. The highest BCUT2D eigenvalue weighted by Crippen LogP contribution is 2.16. The highest BCUT2D eigenvalue weighted by atomic mass is 15.1. The van der Waals surface area contributed by atoms with Gasteiger partial charge in [0.25, 0.3) is 0 Å². The van der Waals surface area contributed by atoms with Crippen LogP contribution < -0.4 is 5.73 Å². The van der Waals surface area contributed by atoms with E-state index in [1.807, 2.05) is 18.2 Å². The summed E-state index contributed by atoms with van der Waals surface area (Å²) in [4.78, 5) is 2.26. The van der Waals surface area contributed by atoms with E-state index < -0.39 is 0 Å². The van der Waals surface area contributed by atoms with Crippen LogP contribution >= 0.6 is 0 Å². The molecule has 1 rings (SSSR count). The molecule has 2 nitrogen and oxygen atoms in total. The Morgan fingerprint density at radius 1 is 1.29 bits per heavy atom. The second kappa shape index (κ2) is 5.13. The first kappa shape index (κ1) is 11.2. The summed E-state index contributed by atoms with van der Waals surface area (Å²) < 4.78 is 0. The third kappa shape index (κ3) is 2.56. The second-order valence-electron chi connectivity index (χ2n) is 3.75. The van der Waals surface area contributed by atoms with Crippen LogP contribution in [0.5, 0.6) is 0 Å². The van der Waals surface area contributed by atoms with E-state index in [9.17, 15) is 0 Å². The van der Waals surface area contributed by atoms with E-state index in [0.717, 1.165) is 6.54 Å². The van der Waals surface area contributed by atoms with Gasteiger partial charge in [0.1, 0.15) is 0 Å². The molecule has 0 saturated heterocycles. The fourth-order valence-electron chi connectivity index (χ4n) is 1.52. The van der Waals surface area contributed by atoms with Crippen LogP contribution in [-0.2, 0) is 0 Å². The minimum Gasteiger partial charge on any atom is -0.323 e. The maximum absolute atomic E-state index is 6.17. The van der Waals surface area contributed by atoms with Crippen molar-refractivity contribution in [3.05, 3.63) is 35.9 Å². The topological polar surface area (TPSA) is 29.3 Å². The van der Waals surface area contributed by atoms with Crippen LogP contribution in [-0.4, -0.2) is 24.5 Å². The molecule has 2 N–H and O–H groups in total. The first-order chi connectivity index (χ1) is 6.66. The van der Waals surface area contributed by atoms with Gasteiger partial charge in [-0.15, -0.1) is 0 Å². The van der Waals surface area contributed by atoms with Crippen LogP contribution in [0.2, 0.25) is 0 Å². The zero-order valence-corrected chi connectivity index (χ0v) is 9.27. The zero-order valence-electron chi connectivity index (χ0n) is 9.27. The van der Waals surface area contributed by atoms with E-state index in [1.165, 1.54) is 5.56 Å². The zero-order chi connectivity index (χ0) is 10.6. The van der Waals surface area contributed by atoms with Crippen LogP contribution in [0.3, 0.4) is 0 Å².